The van der Waals surface area contributed by atoms with E-state index in [0.29, 0.717) is 12.0 Å². The third-order valence-electron chi connectivity index (χ3n) is 2.77. The third kappa shape index (κ3) is 2.42. The summed E-state index contributed by atoms with van der Waals surface area (Å²) in [4.78, 5) is 11.6. The average Bonchev–Trinajstić information content (AvgIpc) is 2.30. The van der Waals surface area contributed by atoms with E-state index in [9.17, 15) is 9.90 Å². The Hall–Kier alpha value is -0.930. The lowest BCUT2D eigenvalue weighted by molar-refractivity contribution is -0.117. The van der Waals surface area contributed by atoms with Crippen LogP contribution in [-0.2, 0) is 4.79 Å². The molecule has 1 aliphatic rings. The van der Waals surface area contributed by atoms with Crippen molar-refractivity contribution in [1.82, 2.24) is 0 Å². The highest BCUT2D eigenvalue weighted by Crippen LogP contribution is 2.28. The van der Waals surface area contributed by atoms with Crippen molar-refractivity contribution in [3.8, 4) is 0 Å². The molecule has 0 heterocycles. The van der Waals surface area contributed by atoms with Gasteiger partial charge in [0.05, 0.1) is 0 Å². The molecule has 0 spiro atoms. The minimum Gasteiger partial charge on any atom is -0.384 e. The van der Waals surface area contributed by atoms with Gasteiger partial charge in [-0.2, -0.15) is 0 Å². The molecule has 2 nitrogen and oxygen atoms in total. The van der Waals surface area contributed by atoms with Gasteiger partial charge < -0.3 is 5.11 Å². The first-order valence-electron chi connectivity index (χ1n) is 5.35. The molecule has 0 aliphatic heterocycles. The number of ketones is 1. The number of carbonyl (C=O) groups is 1. The largest absolute Gasteiger partial charge is 0.384 e. The van der Waals surface area contributed by atoms with Crippen LogP contribution in [0.4, 0.5) is 0 Å². The van der Waals surface area contributed by atoms with Crippen molar-refractivity contribution in [2.75, 3.05) is 0 Å². The normalized spacial score (nSPS) is 18.1. The van der Waals surface area contributed by atoms with E-state index < -0.39 is 6.10 Å². The number of allylic oxidation sites excluding steroid dienone is 1. The van der Waals surface area contributed by atoms with Crippen LogP contribution < -0.4 is 0 Å². The predicted molar refractivity (Wildman–Crippen MR) is 66.0 cm³/mol. The molecule has 0 bridgehead atoms. The van der Waals surface area contributed by atoms with Crippen LogP contribution >= 0.6 is 15.9 Å². The molecule has 1 aliphatic carbocycles. The van der Waals surface area contributed by atoms with E-state index in [1.807, 2.05) is 30.3 Å². The Morgan fingerprint density at radius 3 is 2.56 bits per heavy atom. The van der Waals surface area contributed by atoms with Gasteiger partial charge >= 0.3 is 0 Å². The number of rotatable bonds is 2. The van der Waals surface area contributed by atoms with Gasteiger partial charge in [0, 0.05) is 16.5 Å². The minimum absolute atomic E-state index is 0.0710. The molecule has 1 aromatic carbocycles. The number of carbonyl (C=O) groups excluding carboxylic acids is 1. The highest BCUT2D eigenvalue weighted by molar-refractivity contribution is 9.10. The SMILES string of the molecule is O=C1CCCC=C1[C@@H](O)c1ccc(Br)cc1. The van der Waals surface area contributed by atoms with Gasteiger partial charge in [0.2, 0.25) is 0 Å². The fourth-order valence-corrected chi connectivity index (χ4v) is 2.13. The average molecular weight is 281 g/mol. The summed E-state index contributed by atoms with van der Waals surface area (Å²) >= 11 is 3.34. The van der Waals surface area contributed by atoms with Gasteiger partial charge in [0.25, 0.3) is 0 Å². The van der Waals surface area contributed by atoms with Crippen molar-refractivity contribution in [2.24, 2.45) is 0 Å². The van der Waals surface area contributed by atoms with Gasteiger partial charge in [-0.1, -0.05) is 34.1 Å². The topological polar surface area (TPSA) is 37.3 Å². The zero-order valence-corrected chi connectivity index (χ0v) is 10.4. The summed E-state index contributed by atoms with van der Waals surface area (Å²) < 4.78 is 0.965. The molecule has 0 radical (unpaired) electrons. The fourth-order valence-electron chi connectivity index (χ4n) is 1.87. The van der Waals surface area contributed by atoms with Crippen LogP contribution in [0, 0.1) is 0 Å². The summed E-state index contributed by atoms with van der Waals surface area (Å²) in [7, 11) is 0. The van der Waals surface area contributed by atoms with Crippen LogP contribution in [-0.4, -0.2) is 10.9 Å². The summed E-state index contributed by atoms with van der Waals surface area (Å²) in [6.07, 6.45) is 3.42. The first-order valence-corrected chi connectivity index (χ1v) is 6.14. The van der Waals surface area contributed by atoms with Crippen molar-refractivity contribution in [1.29, 1.82) is 0 Å². The van der Waals surface area contributed by atoms with Gasteiger partial charge in [-0.15, -0.1) is 0 Å². The molecule has 3 heteroatoms. The Kier molecular flexibility index (Phi) is 3.56. The molecule has 0 fully saturated rings. The number of halogens is 1. The summed E-state index contributed by atoms with van der Waals surface area (Å²) in [5, 5.41) is 10.1. The summed E-state index contributed by atoms with van der Waals surface area (Å²) in [5.41, 5.74) is 1.32. The lowest BCUT2D eigenvalue weighted by Gasteiger charge is -2.17. The standard InChI is InChI=1S/C13H13BrO2/c14-10-7-5-9(6-8-10)13(16)11-3-1-2-4-12(11)15/h3,5-8,13,16H,1-2,4H2/t13-/m0/s1. The van der Waals surface area contributed by atoms with Crippen molar-refractivity contribution in [3.63, 3.8) is 0 Å². The van der Waals surface area contributed by atoms with Gasteiger partial charge in [-0.25, -0.2) is 0 Å². The molecule has 1 aromatic rings. The van der Waals surface area contributed by atoms with E-state index in [1.54, 1.807) is 0 Å². The Bertz CT molecular complexity index is 420. The molecule has 0 saturated heterocycles. The van der Waals surface area contributed by atoms with Gasteiger partial charge in [-0.05, 0) is 30.5 Å². The monoisotopic (exact) mass is 280 g/mol. The molecule has 0 unspecified atom stereocenters. The molecule has 0 aromatic heterocycles. The third-order valence-corrected chi connectivity index (χ3v) is 3.30. The quantitative estimate of drug-likeness (QED) is 0.904. The van der Waals surface area contributed by atoms with Crippen LogP contribution in [0.15, 0.2) is 40.4 Å². The molecule has 1 N–H and O–H groups in total. The van der Waals surface area contributed by atoms with Crippen LogP contribution in [0.1, 0.15) is 30.9 Å². The molecule has 0 saturated carbocycles. The summed E-state index contributed by atoms with van der Waals surface area (Å²) in [6, 6.07) is 7.40. The zero-order chi connectivity index (χ0) is 11.5. The van der Waals surface area contributed by atoms with Crippen LogP contribution in [0.5, 0.6) is 0 Å². The lowest BCUT2D eigenvalue weighted by Crippen LogP contribution is -2.14. The number of benzene rings is 1. The van der Waals surface area contributed by atoms with Crippen LogP contribution in [0.3, 0.4) is 0 Å². The molecule has 84 valence electrons. The number of hydrogen-bond donors (Lipinski definition) is 1. The zero-order valence-electron chi connectivity index (χ0n) is 8.82. The second kappa shape index (κ2) is 4.93. The molecule has 0 amide bonds. The first-order chi connectivity index (χ1) is 7.68. The molecule has 2 rings (SSSR count). The summed E-state index contributed by atoms with van der Waals surface area (Å²) in [5.74, 6) is 0.0710. The smallest absolute Gasteiger partial charge is 0.161 e. The highest BCUT2D eigenvalue weighted by atomic mass is 79.9. The Morgan fingerprint density at radius 1 is 1.25 bits per heavy atom. The van der Waals surface area contributed by atoms with Crippen molar-refractivity contribution < 1.29 is 9.90 Å². The van der Waals surface area contributed by atoms with Crippen molar-refractivity contribution >= 4 is 21.7 Å². The Morgan fingerprint density at radius 2 is 1.94 bits per heavy atom. The predicted octanol–water partition coefficient (Wildman–Crippen LogP) is 3.16. The number of Topliss-reactive ketones (excluding diaryl/α,β-unsaturated/α-hetero) is 1. The van der Waals surface area contributed by atoms with E-state index in [1.165, 1.54) is 0 Å². The number of aliphatic hydroxyl groups is 1. The number of hydrogen-bond acceptors (Lipinski definition) is 2. The van der Waals surface area contributed by atoms with E-state index >= 15 is 0 Å². The maximum Gasteiger partial charge on any atom is 0.161 e. The van der Waals surface area contributed by atoms with E-state index in [0.717, 1.165) is 22.9 Å². The van der Waals surface area contributed by atoms with E-state index in [4.69, 9.17) is 0 Å². The van der Waals surface area contributed by atoms with E-state index in [2.05, 4.69) is 15.9 Å². The maximum absolute atomic E-state index is 11.6. The molecular formula is C13H13BrO2. The van der Waals surface area contributed by atoms with E-state index in [-0.39, 0.29) is 5.78 Å². The molecule has 16 heavy (non-hydrogen) atoms. The first kappa shape index (κ1) is 11.6. The van der Waals surface area contributed by atoms with Crippen molar-refractivity contribution in [3.05, 3.63) is 46.0 Å². The Balaban J connectivity index is 2.24. The molecule has 1 atom stereocenters. The minimum atomic E-state index is -0.777. The van der Waals surface area contributed by atoms with Gasteiger partial charge in [0.15, 0.2) is 5.78 Å². The van der Waals surface area contributed by atoms with Gasteiger partial charge in [-0.3, -0.25) is 4.79 Å². The lowest BCUT2D eigenvalue weighted by atomic mass is 9.91. The van der Waals surface area contributed by atoms with Crippen LogP contribution in [0.2, 0.25) is 0 Å². The number of aliphatic hydroxyl groups excluding tert-OH is 1. The Labute approximate surface area is 103 Å². The second-order valence-corrected chi connectivity index (χ2v) is 4.84. The van der Waals surface area contributed by atoms with Gasteiger partial charge in [0.1, 0.15) is 6.10 Å². The van der Waals surface area contributed by atoms with Crippen molar-refractivity contribution in [2.45, 2.75) is 25.4 Å². The second-order valence-electron chi connectivity index (χ2n) is 3.93. The molecular weight excluding hydrogens is 268 g/mol. The van der Waals surface area contributed by atoms with Crippen LogP contribution in [0.25, 0.3) is 0 Å². The maximum atomic E-state index is 11.6. The summed E-state index contributed by atoms with van der Waals surface area (Å²) in [6.45, 7) is 0. The highest BCUT2D eigenvalue weighted by Gasteiger charge is 2.21. The fraction of sp³-hybridized carbons (Fsp3) is 0.308.